The number of nitrogens with one attached hydrogen (secondary N) is 2. The van der Waals surface area contributed by atoms with Gasteiger partial charge in [0.2, 0.25) is 5.91 Å². The van der Waals surface area contributed by atoms with Gasteiger partial charge in [0.25, 0.3) is 0 Å². The molecule has 2 N–H and O–H groups in total. The fourth-order valence-electron chi connectivity index (χ4n) is 3.47. The number of ether oxygens (including phenoxy) is 1. The summed E-state index contributed by atoms with van der Waals surface area (Å²) in [5.41, 5.74) is 3.05. The normalized spacial score (nSPS) is 18.1. The monoisotopic (exact) mass is 349 g/mol. The minimum atomic E-state index is -0.196. The van der Waals surface area contributed by atoms with Crippen LogP contribution in [0.5, 0.6) is 0 Å². The van der Waals surface area contributed by atoms with Crippen molar-refractivity contribution in [2.75, 3.05) is 6.61 Å². The second kappa shape index (κ2) is 7.70. The van der Waals surface area contributed by atoms with E-state index in [1.165, 1.54) is 0 Å². The van der Waals surface area contributed by atoms with E-state index < -0.39 is 0 Å². The van der Waals surface area contributed by atoms with Gasteiger partial charge in [0.05, 0.1) is 29.6 Å². The molecule has 4 rings (SSSR count). The van der Waals surface area contributed by atoms with E-state index in [-0.39, 0.29) is 18.1 Å². The zero-order valence-corrected chi connectivity index (χ0v) is 14.7. The fourth-order valence-corrected chi connectivity index (χ4v) is 3.47. The Bertz CT molecular complexity index is 836. The topological polar surface area (TPSA) is 67.0 Å². The van der Waals surface area contributed by atoms with E-state index in [1.807, 2.05) is 42.5 Å². The summed E-state index contributed by atoms with van der Waals surface area (Å²) in [6, 6.07) is 17.9. The van der Waals surface area contributed by atoms with Crippen LogP contribution in [0.15, 0.2) is 54.6 Å². The van der Waals surface area contributed by atoms with Crippen LogP contribution >= 0.6 is 0 Å². The van der Waals surface area contributed by atoms with Crippen LogP contribution < -0.4 is 5.32 Å². The van der Waals surface area contributed by atoms with Gasteiger partial charge >= 0.3 is 0 Å². The first-order valence-corrected chi connectivity index (χ1v) is 9.17. The Morgan fingerprint density at radius 1 is 1.19 bits per heavy atom. The number of benzene rings is 2. The van der Waals surface area contributed by atoms with Crippen molar-refractivity contribution in [1.29, 1.82) is 0 Å². The summed E-state index contributed by atoms with van der Waals surface area (Å²) in [4.78, 5) is 20.6. The highest BCUT2D eigenvalue weighted by atomic mass is 16.5. The average Bonchev–Trinajstić information content (AvgIpc) is 3.31. The first kappa shape index (κ1) is 16.8. The van der Waals surface area contributed by atoms with Crippen molar-refractivity contribution >= 4 is 16.9 Å². The van der Waals surface area contributed by atoms with Gasteiger partial charge in [-0.05, 0) is 37.0 Å². The van der Waals surface area contributed by atoms with Crippen LogP contribution in [-0.2, 0) is 16.0 Å². The van der Waals surface area contributed by atoms with Gasteiger partial charge in [-0.3, -0.25) is 4.79 Å². The summed E-state index contributed by atoms with van der Waals surface area (Å²) >= 11 is 0. The molecular formula is C21H23N3O2. The quantitative estimate of drug-likeness (QED) is 0.715. The number of para-hydroxylation sites is 2. The van der Waals surface area contributed by atoms with E-state index in [4.69, 9.17) is 9.72 Å². The van der Waals surface area contributed by atoms with E-state index in [2.05, 4.69) is 22.4 Å². The number of fused-ring (bicyclic) bond motifs is 1. The summed E-state index contributed by atoms with van der Waals surface area (Å²) in [5.74, 6) is 0.800. The number of aromatic amines is 1. The number of imidazole rings is 1. The summed E-state index contributed by atoms with van der Waals surface area (Å²) in [5, 5.41) is 3.16. The van der Waals surface area contributed by atoms with E-state index in [9.17, 15) is 4.79 Å². The highest BCUT2D eigenvalue weighted by Gasteiger charge is 2.23. The minimum Gasteiger partial charge on any atom is -0.378 e. The molecule has 1 aromatic heterocycles. The summed E-state index contributed by atoms with van der Waals surface area (Å²) < 4.78 is 5.59. The van der Waals surface area contributed by atoms with Crippen molar-refractivity contribution in [3.8, 4) is 0 Å². The maximum Gasteiger partial charge on any atom is 0.223 e. The second-order valence-electron chi connectivity index (χ2n) is 6.79. The molecule has 2 atom stereocenters. The van der Waals surface area contributed by atoms with Crippen LogP contribution in [0.4, 0.5) is 0 Å². The second-order valence-corrected chi connectivity index (χ2v) is 6.79. The smallest absolute Gasteiger partial charge is 0.223 e. The molecule has 26 heavy (non-hydrogen) atoms. The van der Waals surface area contributed by atoms with Crippen LogP contribution in [0.25, 0.3) is 11.0 Å². The highest BCUT2D eigenvalue weighted by Crippen LogP contribution is 2.21. The van der Waals surface area contributed by atoms with Gasteiger partial charge in [-0.15, -0.1) is 0 Å². The molecule has 0 saturated carbocycles. The largest absolute Gasteiger partial charge is 0.378 e. The standard InChI is InChI=1S/C21H23N3O2/c25-20(14-16-9-6-12-26-16)22-19(13-15-7-2-1-3-8-15)21-23-17-10-4-5-11-18(17)24-21/h1-5,7-8,10-11,16,19H,6,9,12-14H2,(H,22,25)(H,23,24)/t16-,19-/m0/s1. The number of amides is 1. The van der Waals surface area contributed by atoms with Gasteiger partial charge in [0, 0.05) is 6.61 Å². The first-order chi connectivity index (χ1) is 12.8. The third kappa shape index (κ3) is 3.94. The van der Waals surface area contributed by atoms with Crippen LogP contribution in [0.2, 0.25) is 0 Å². The maximum absolute atomic E-state index is 12.6. The summed E-state index contributed by atoms with van der Waals surface area (Å²) in [6.45, 7) is 0.759. The van der Waals surface area contributed by atoms with E-state index in [0.717, 1.165) is 41.9 Å². The van der Waals surface area contributed by atoms with Crippen LogP contribution in [-0.4, -0.2) is 28.6 Å². The third-order valence-electron chi connectivity index (χ3n) is 4.79. The predicted octanol–water partition coefficient (Wildman–Crippen LogP) is 3.53. The molecule has 2 aromatic carbocycles. The van der Waals surface area contributed by atoms with E-state index in [1.54, 1.807) is 0 Å². The SMILES string of the molecule is O=C(C[C@@H]1CCCO1)N[C@@H](Cc1ccccc1)c1nc2ccccc2[nH]1. The average molecular weight is 349 g/mol. The molecule has 5 heteroatoms. The predicted molar refractivity (Wildman–Crippen MR) is 101 cm³/mol. The van der Waals surface area contributed by atoms with Gasteiger partial charge in [-0.1, -0.05) is 42.5 Å². The summed E-state index contributed by atoms with van der Waals surface area (Å²) in [6.07, 6.45) is 3.14. The van der Waals surface area contributed by atoms with Crippen LogP contribution in [0.3, 0.4) is 0 Å². The molecule has 1 fully saturated rings. The van der Waals surface area contributed by atoms with Crippen LogP contribution in [0, 0.1) is 0 Å². The van der Waals surface area contributed by atoms with Crippen molar-refractivity contribution in [1.82, 2.24) is 15.3 Å². The molecule has 0 aliphatic carbocycles. The van der Waals surface area contributed by atoms with Crippen molar-refractivity contribution in [2.24, 2.45) is 0 Å². The van der Waals surface area contributed by atoms with Gasteiger partial charge in [0.15, 0.2) is 0 Å². The van der Waals surface area contributed by atoms with Crippen molar-refractivity contribution < 1.29 is 9.53 Å². The summed E-state index contributed by atoms with van der Waals surface area (Å²) in [7, 11) is 0. The zero-order chi connectivity index (χ0) is 17.8. The number of rotatable bonds is 6. The van der Waals surface area contributed by atoms with Crippen molar-refractivity contribution in [3.63, 3.8) is 0 Å². The maximum atomic E-state index is 12.6. The molecule has 5 nitrogen and oxygen atoms in total. The third-order valence-corrected chi connectivity index (χ3v) is 4.79. The lowest BCUT2D eigenvalue weighted by Gasteiger charge is -2.18. The Hall–Kier alpha value is -2.66. The molecule has 1 aliphatic rings. The van der Waals surface area contributed by atoms with Crippen molar-refractivity contribution in [3.05, 3.63) is 66.0 Å². The van der Waals surface area contributed by atoms with E-state index in [0.29, 0.717) is 12.8 Å². The number of carbonyl (C=O) groups is 1. The first-order valence-electron chi connectivity index (χ1n) is 9.17. The Labute approximate surface area is 152 Å². The molecule has 2 heterocycles. The molecule has 0 spiro atoms. The molecule has 1 saturated heterocycles. The molecule has 1 amide bonds. The molecule has 134 valence electrons. The van der Waals surface area contributed by atoms with Crippen LogP contribution in [0.1, 0.15) is 36.7 Å². The zero-order valence-electron chi connectivity index (χ0n) is 14.7. The lowest BCUT2D eigenvalue weighted by atomic mass is 10.0. The van der Waals surface area contributed by atoms with Crippen molar-refractivity contribution in [2.45, 2.75) is 37.8 Å². The number of hydrogen-bond donors (Lipinski definition) is 2. The van der Waals surface area contributed by atoms with Gasteiger partial charge in [-0.2, -0.15) is 0 Å². The molecule has 1 aliphatic heterocycles. The molecule has 0 bridgehead atoms. The lowest BCUT2D eigenvalue weighted by molar-refractivity contribution is -0.124. The fraction of sp³-hybridized carbons (Fsp3) is 0.333. The Balaban J connectivity index is 1.55. The Morgan fingerprint density at radius 3 is 2.77 bits per heavy atom. The molecule has 3 aromatic rings. The van der Waals surface area contributed by atoms with Gasteiger partial charge in [0.1, 0.15) is 5.82 Å². The number of H-pyrrole nitrogens is 1. The Morgan fingerprint density at radius 2 is 2.00 bits per heavy atom. The Kier molecular flexibility index (Phi) is 4.97. The highest BCUT2D eigenvalue weighted by molar-refractivity contribution is 5.78. The molecular weight excluding hydrogens is 326 g/mol. The number of carbonyl (C=O) groups excluding carboxylic acids is 1. The lowest BCUT2D eigenvalue weighted by Crippen LogP contribution is -2.33. The van der Waals surface area contributed by atoms with Gasteiger partial charge in [-0.25, -0.2) is 4.98 Å². The minimum absolute atomic E-state index is 0.0123. The number of aromatic nitrogens is 2. The van der Waals surface area contributed by atoms with Gasteiger partial charge < -0.3 is 15.0 Å². The molecule has 0 unspecified atom stereocenters. The molecule has 0 radical (unpaired) electrons. The number of hydrogen-bond acceptors (Lipinski definition) is 3. The number of nitrogens with zero attached hydrogens (tertiary/aromatic N) is 1. The van der Waals surface area contributed by atoms with E-state index >= 15 is 0 Å².